The molecule has 0 saturated heterocycles. The van der Waals surface area contributed by atoms with E-state index in [4.69, 9.17) is 31.6 Å². The molecule has 0 bridgehead atoms. The number of hydrogen-bond donors (Lipinski definition) is 0. The molecule has 0 spiro atoms. The predicted octanol–water partition coefficient (Wildman–Crippen LogP) is 0.836. The first-order valence-electron chi connectivity index (χ1n) is 1.55. The van der Waals surface area contributed by atoms with E-state index >= 15 is 0 Å². The maximum Gasteiger partial charge on any atom is 0.0462 e. The van der Waals surface area contributed by atoms with Gasteiger partial charge < -0.3 is 0 Å². The zero-order valence-electron chi connectivity index (χ0n) is 6.48. The van der Waals surface area contributed by atoms with E-state index in [1.54, 1.807) is 0 Å². The molecule has 0 saturated carbocycles. The third kappa shape index (κ3) is 80.3. The molecule has 0 aromatic carbocycles. The van der Waals surface area contributed by atoms with Crippen molar-refractivity contribution >= 4 is 0 Å². The summed E-state index contributed by atoms with van der Waals surface area (Å²) in [6.07, 6.45) is 0. The van der Waals surface area contributed by atoms with Crippen molar-refractivity contribution in [3.8, 4) is 39.4 Å². The van der Waals surface area contributed by atoms with Gasteiger partial charge >= 0.3 is 0 Å². The van der Waals surface area contributed by atoms with Crippen LogP contribution in [0.5, 0.6) is 0 Å². The minimum Gasteiger partial charge on any atom is -0.202 e. The van der Waals surface area contributed by atoms with E-state index in [0.717, 1.165) is 0 Å². The van der Waals surface area contributed by atoms with Crippen LogP contribution in [-0.2, 0) is 16.8 Å². The summed E-state index contributed by atoms with van der Waals surface area (Å²) in [4.78, 5) is 0. The van der Waals surface area contributed by atoms with Gasteiger partial charge in [-0.2, -0.15) is 0 Å². The quantitative estimate of drug-likeness (QED) is 0.592. The molecule has 0 heterocycles. The van der Waals surface area contributed by atoms with Gasteiger partial charge in [-0.1, -0.05) is 0 Å². The normalized spacial score (nSPS) is 0.923. The average Bonchev–Trinajstić information content (AvgIpc) is 2.33. The molecule has 1 radical (unpaired) electrons. The molecule has 0 fully saturated rings. The van der Waals surface area contributed by atoms with Gasteiger partial charge in [-0.15, -0.1) is 0 Å². The molecule has 0 aromatic heterocycles. The molecule has 0 aliphatic carbocycles. The largest absolute Gasteiger partial charge is 0.202 e. The van der Waals surface area contributed by atoms with Crippen molar-refractivity contribution in [2.24, 2.45) is 0 Å². The Labute approximate surface area is 88.3 Å². The van der Waals surface area contributed by atoms with Gasteiger partial charge in [0.05, 0.1) is 0 Å². The molecule has 0 atom stereocenters. The molecule has 13 heavy (non-hydrogen) atoms. The third-order valence-electron chi connectivity index (χ3n) is 0. The Morgan fingerprint density at radius 3 is 0.308 bits per heavy atom. The topological polar surface area (TPSA) is 143 Å². The molecule has 69 valence electrons. The van der Waals surface area contributed by atoms with E-state index in [1.165, 1.54) is 0 Å². The summed E-state index contributed by atoms with van der Waals surface area (Å²) in [6, 6.07) is 0. The van der Waals surface area contributed by atoms with E-state index in [0.29, 0.717) is 0 Å². The maximum atomic E-state index is 6.50. The molecular weight excluding hydrogens is 215 g/mol. The van der Waals surface area contributed by atoms with Gasteiger partial charge in [-0.25, -0.2) is 31.6 Å². The predicted molar refractivity (Wildman–Crippen MR) is 40.0 cm³/mol. The zero-order valence-corrected chi connectivity index (χ0v) is 7.52. The number of nitrogens with zero attached hydrogens (tertiary/aromatic N) is 6. The summed E-state index contributed by atoms with van der Waals surface area (Å²) in [5.74, 6) is 0. The van der Waals surface area contributed by atoms with Gasteiger partial charge in [0, 0.05) is 56.2 Å². The van der Waals surface area contributed by atoms with Gasteiger partial charge in [-0.3, -0.25) is 0 Å². The molecule has 6 nitrogen and oxygen atoms in total. The average molecular weight is 221 g/mol. The monoisotopic (exact) mass is 221 g/mol. The second kappa shape index (κ2) is 103. The van der Waals surface area contributed by atoms with E-state index in [9.17, 15) is 0 Å². The summed E-state index contributed by atoms with van der Waals surface area (Å²) in [5.41, 5.74) is 0. The molecule has 0 N–H and O–H groups in total. The summed E-state index contributed by atoms with van der Waals surface area (Å²) in [6.45, 7) is 21.0. The number of hydrogen-bond acceptors (Lipinski definition) is 6. The molecule has 0 aromatic rings. The summed E-state index contributed by atoms with van der Waals surface area (Å²) < 4.78 is 0. The van der Waals surface area contributed by atoms with E-state index in [-0.39, 0.29) is 16.8 Å². The summed E-state index contributed by atoms with van der Waals surface area (Å²) in [5, 5.41) is 39.0. The van der Waals surface area contributed by atoms with Gasteiger partial charge in [0.15, 0.2) is 0 Å². The Morgan fingerprint density at radius 2 is 0.308 bits per heavy atom. The second-order valence-electron chi connectivity index (χ2n) is 0. The Kier molecular flexibility index (Phi) is 624. The van der Waals surface area contributed by atoms with Crippen molar-refractivity contribution in [2.45, 2.75) is 0 Å². The Balaban J connectivity index is -0.00000000655. The molecule has 7 heteroatoms. The fourth-order valence-corrected chi connectivity index (χ4v) is 0. The van der Waals surface area contributed by atoms with Crippen LogP contribution in [0.4, 0.5) is 0 Å². The van der Waals surface area contributed by atoms with Gasteiger partial charge in [0.25, 0.3) is 0 Å². The van der Waals surface area contributed by atoms with Crippen molar-refractivity contribution in [2.75, 3.05) is 0 Å². The van der Waals surface area contributed by atoms with E-state index in [1.807, 2.05) is 0 Å². The van der Waals surface area contributed by atoms with Crippen molar-refractivity contribution in [3.63, 3.8) is 0 Å². The van der Waals surface area contributed by atoms with Crippen LogP contribution in [-0.4, -0.2) is 0 Å². The van der Waals surface area contributed by atoms with Crippen LogP contribution < -0.4 is 0 Å². The second-order valence-corrected chi connectivity index (χ2v) is 0. The first-order valence-corrected chi connectivity index (χ1v) is 1.55. The van der Waals surface area contributed by atoms with Crippen LogP contribution in [0, 0.1) is 71.0 Å². The molecule has 0 aliphatic rings. The minimum absolute atomic E-state index is 0. The van der Waals surface area contributed by atoms with Crippen molar-refractivity contribution in [3.05, 3.63) is 0 Å². The van der Waals surface area contributed by atoms with Crippen molar-refractivity contribution in [1.82, 2.24) is 0 Å². The van der Waals surface area contributed by atoms with E-state index in [2.05, 4.69) is 39.4 Å². The van der Waals surface area contributed by atoms with Crippen molar-refractivity contribution < 1.29 is 16.8 Å². The first kappa shape index (κ1) is 78.5. The molecular formula is C6H6CoN6. The van der Waals surface area contributed by atoms with Crippen LogP contribution in [0.1, 0.15) is 0 Å². The Morgan fingerprint density at radius 1 is 0.308 bits per heavy atom. The van der Waals surface area contributed by atoms with Crippen LogP contribution >= 0.6 is 0 Å². The molecule has 0 amide bonds. The third-order valence-corrected chi connectivity index (χ3v) is 0. The summed E-state index contributed by atoms with van der Waals surface area (Å²) >= 11 is 0. The fourth-order valence-electron chi connectivity index (χ4n) is 0. The van der Waals surface area contributed by atoms with Gasteiger partial charge in [0.2, 0.25) is 0 Å². The Hall–Kier alpha value is -2.55. The number of rotatable bonds is 0. The smallest absolute Gasteiger partial charge is 0.0462 e. The first-order chi connectivity index (χ1) is 6.00. The molecule has 0 rings (SSSR count). The molecule has 0 unspecified atom stereocenters. The van der Waals surface area contributed by atoms with Crippen LogP contribution in [0.2, 0.25) is 0 Å². The minimum atomic E-state index is 0. The zero-order chi connectivity index (χ0) is 12.0. The van der Waals surface area contributed by atoms with E-state index < -0.39 is 0 Å². The summed E-state index contributed by atoms with van der Waals surface area (Å²) in [7, 11) is 0. The van der Waals surface area contributed by atoms with Gasteiger partial charge in [-0.05, 0) is 0 Å². The fraction of sp³-hybridized carbons (Fsp3) is 0. The van der Waals surface area contributed by atoms with Crippen molar-refractivity contribution in [1.29, 1.82) is 31.6 Å². The standard InChI is InChI=1S/6CHN.Co/c6*1-2;/h6*1H;. The SMILES string of the molecule is C#N.C#N.C#N.C#N.C#N.C#N.[Co]. The van der Waals surface area contributed by atoms with Gasteiger partial charge in [0.1, 0.15) is 0 Å². The van der Waals surface area contributed by atoms with Crippen LogP contribution in [0.25, 0.3) is 0 Å². The number of nitriles is 6. The van der Waals surface area contributed by atoms with Crippen LogP contribution in [0.15, 0.2) is 0 Å². The Bertz CT molecular complexity index is 92.1. The van der Waals surface area contributed by atoms with Crippen LogP contribution in [0.3, 0.4) is 0 Å². The molecule has 0 aliphatic heterocycles. The maximum absolute atomic E-state index is 6.50.